The van der Waals surface area contributed by atoms with Gasteiger partial charge in [-0.3, -0.25) is 0 Å². The van der Waals surface area contributed by atoms with E-state index in [0.29, 0.717) is 0 Å². The summed E-state index contributed by atoms with van der Waals surface area (Å²) in [5, 5.41) is 29.6. The first-order valence-corrected chi connectivity index (χ1v) is 10.6. The maximum absolute atomic E-state index is 13.2. The van der Waals surface area contributed by atoms with Crippen LogP contribution in [0.25, 0.3) is 0 Å². The molecule has 26 heavy (non-hydrogen) atoms. The van der Waals surface area contributed by atoms with E-state index in [4.69, 9.17) is 4.74 Å². The van der Waals surface area contributed by atoms with Crippen molar-refractivity contribution in [2.45, 2.75) is 85.9 Å². The summed E-state index contributed by atoms with van der Waals surface area (Å²) in [6.07, 6.45) is -4.44. The Hall–Kier alpha value is 0.0600. The van der Waals surface area contributed by atoms with Crippen molar-refractivity contribution < 1.29 is 33.4 Å². The predicted molar refractivity (Wildman–Crippen MR) is 97.3 cm³/mol. The van der Waals surface area contributed by atoms with Gasteiger partial charge in [-0.2, -0.15) is 0 Å². The fourth-order valence-corrected chi connectivity index (χ4v) is 4.80. The standard InChI is InChI=1S/C16H27F2NO5S2/c1-16(2,3)26(23)19-8-6-4-5-7-9(14(17)18)25-15-12(22)10(20)11(21)13(8)24-15/h4-5,8-15,19-22H,6-7H2,1-3H3/b5-4-/t8-,9+,10+,11-,12-,13-,15-,26-/m1/s1. The molecule has 152 valence electrons. The highest BCUT2D eigenvalue weighted by Crippen LogP contribution is 2.37. The molecule has 0 aromatic carbocycles. The summed E-state index contributed by atoms with van der Waals surface area (Å²) in [7, 11) is 0. The normalized spacial score (nSPS) is 41.7. The third kappa shape index (κ3) is 5.32. The first kappa shape index (κ1) is 22.4. The smallest absolute Gasteiger partial charge is 0.250 e. The average Bonchev–Trinajstić information content (AvgIpc) is 2.55. The lowest BCUT2D eigenvalue weighted by Crippen LogP contribution is -2.63. The van der Waals surface area contributed by atoms with E-state index in [1.165, 1.54) is 0 Å². The maximum atomic E-state index is 13.2. The Morgan fingerprint density at radius 1 is 1.15 bits per heavy atom. The van der Waals surface area contributed by atoms with Crippen LogP contribution in [0.3, 0.4) is 0 Å². The molecule has 2 aliphatic heterocycles. The molecule has 8 atom stereocenters. The maximum Gasteiger partial charge on any atom is 0.250 e. The van der Waals surface area contributed by atoms with Crippen molar-refractivity contribution in [3.8, 4) is 0 Å². The SMILES string of the molecule is CC(C)(C)[S@@+]([O-])N[C@@H]1C/C=C\C[C@@H](C(F)F)S[C@H]2O[C@H]1[C@H](O)[C@H](O)[C@H]2O. The highest BCUT2D eigenvalue weighted by atomic mass is 32.2. The number of alkyl halides is 2. The summed E-state index contributed by atoms with van der Waals surface area (Å²) < 4.78 is 47.0. The molecular weight excluding hydrogens is 388 g/mol. The van der Waals surface area contributed by atoms with Gasteiger partial charge in [-0.25, -0.2) is 8.78 Å². The number of thioether (sulfide) groups is 1. The molecule has 1 saturated heterocycles. The van der Waals surface area contributed by atoms with Crippen molar-refractivity contribution in [1.82, 2.24) is 4.72 Å². The number of rotatable bonds is 3. The topological polar surface area (TPSA) is 105 Å². The van der Waals surface area contributed by atoms with Crippen LogP contribution in [0.2, 0.25) is 0 Å². The fraction of sp³-hybridized carbons (Fsp3) is 0.875. The highest BCUT2D eigenvalue weighted by Gasteiger charge is 2.49. The van der Waals surface area contributed by atoms with E-state index in [2.05, 4.69) is 4.72 Å². The van der Waals surface area contributed by atoms with Gasteiger partial charge in [-0.05, 0) is 33.6 Å². The summed E-state index contributed by atoms with van der Waals surface area (Å²) in [6.45, 7) is 5.36. The lowest BCUT2D eigenvalue weighted by Gasteiger charge is -2.44. The third-order valence-corrected chi connectivity index (χ3v) is 7.37. The quantitative estimate of drug-likeness (QED) is 0.401. The zero-order chi connectivity index (χ0) is 19.6. The van der Waals surface area contributed by atoms with Gasteiger partial charge in [-0.1, -0.05) is 12.2 Å². The number of fused-ring (bicyclic) bond motifs is 2. The molecule has 0 aromatic rings. The molecule has 2 aliphatic rings. The van der Waals surface area contributed by atoms with Crippen LogP contribution in [0.5, 0.6) is 0 Å². The Bertz CT molecular complexity index is 494. The van der Waals surface area contributed by atoms with Crippen LogP contribution in [-0.4, -0.2) is 72.2 Å². The lowest BCUT2D eigenvalue weighted by molar-refractivity contribution is -0.203. The second-order valence-electron chi connectivity index (χ2n) is 7.50. The van der Waals surface area contributed by atoms with Crippen molar-refractivity contribution in [2.75, 3.05) is 0 Å². The number of aliphatic hydroxyl groups excluding tert-OH is 3. The Balaban J connectivity index is 2.28. The number of aliphatic hydroxyl groups is 3. The van der Waals surface area contributed by atoms with Crippen LogP contribution >= 0.6 is 11.8 Å². The van der Waals surface area contributed by atoms with Gasteiger partial charge in [0.1, 0.15) is 34.6 Å². The third-order valence-electron chi connectivity index (χ3n) is 4.33. The summed E-state index contributed by atoms with van der Waals surface area (Å²) in [6, 6.07) is -0.616. The summed E-state index contributed by atoms with van der Waals surface area (Å²) >= 11 is -0.719. The second-order valence-corrected chi connectivity index (χ2v) is 10.8. The highest BCUT2D eigenvalue weighted by molar-refractivity contribution is 8.00. The Labute approximate surface area is 159 Å². The number of hydrogen-bond acceptors (Lipinski definition) is 7. The Morgan fingerprint density at radius 3 is 2.35 bits per heavy atom. The minimum atomic E-state index is -2.62. The monoisotopic (exact) mass is 415 g/mol. The zero-order valence-electron chi connectivity index (χ0n) is 14.9. The van der Waals surface area contributed by atoms with Crippen molar-refractivity contribution in [1.29, 1.82) is 0 Å². The molecule has 0 radical (unpaired) electrons. The van der Waals surface area contributed by atoms with Crippen LogP contribution in [0.15, 0.2) is 12.2 Å². The molecule has 10 heteroatoms. The van der Waals surface area contributed by atoms with Crippen LogP contribution in [-0.2, 0) is 16.1 Å². The molecule has 2 heterocycles. The molecule has 0 unspecified atom stereocenters. The molecule has 0 aromatic heterocycles. The summed E-state index contributed by atoms with van der Waals surface area (Å²) in [5.41, 5.74) is -1.11. The van der Waals surface area contributed by atoms with E-state index in [-0.39, 0.29) is 12.8 Å². The van der Waals surface area contributed by atoms with Crippen LogP contribution in [0.1, 0.15) is 33.6 Å². The summed E-state index contributed by atoms with van der Waals surface area (Å²) in [5.74, 6) is 0. The van der Waals surface area contributed by atoms with Crippen LogP contribution in [0, 0.1) is 0 Å². The largest absolute Gasteiger partial charge is 0.598 e. The molecule has 1 fully saturated rings. The molecule has 2 rings (SSSR count). The van der Waals surface area contributed by atoms with Crippen LogP contribution < -0.4 is 4.72 Å². The molecule has 4 N–H and O–H groups in total. The second kappa shape index (κ2) is 9.04. The van der Waals surface area contributed by atoms with E-state index in [1.54, 1.807) is 32.9 Å². The molecule has 6 nitrogen and oxygen atoms in total. The van der Waals surface area contributed by atoms with Gasteiger partial charge in [0, 0.05) is 11.4 Å². The van der Waals surface area contributed by atoms with Crippen molar-refractivity contribution >= 4 is 23.1 Å². The minimum absolute atomic E-state index is 0.0767. The van der Waals surface area contributed by atoms with E-state index in [9.17, 15) is 28.7 Å². The van der Waals surface area contributed by atoms with Gasteiger partial charge in [0.05, 0.1) is 11.3 Å². The Kier molecular flexibility index (Phi) is 7.77. The van der Waals surface area contributed by atoms with E-state index < -0.39 is 63.7 Å². The van der Waals surface area contributed by atoms with Gasteiger partial charge < -0.3 is 24.6 Å². The van der Waals surface area contributed by atoms with E-state index in [1.807, 2.05) is 0 Å². The number of nitrogens with one attached hydrogen (secondary N) is 1. The summed E-state index contributed by atoms with van der Waals surface area (Å²) in [4.78, 5) is 0. The predicted octanol–water partition coefficient (Wildman–Crippen LogP) is 0.931. The molecule has 2 bridgehead atoms. The van der Waals surface area contributed by atoms with Crippen molar-refractivity contribution in [3.63, 3.8) is 0 Å². The number of allylic oxidation sites excluding steroid dienone is 1. The first-order valence-electron chi connectivity index (χ1n) is 8.48. The van der Waals surface area contributed by atoms with Gasteiger partial charge >= 0.3 is 0 Å². The average molecular weight is 416 g/mol. The van der Waals surface area contributed by atoms with Gasteiger partial charge in [0.2, 0.25) is 0 Å². The molecule has 0 amide bonds. The van der Waals surface area contributed by atoms with Gasteiger partial charge in [0.25, 0.3) is 6.43 Å². The minimum Gasteiger partial charge on any atom is -0.598 e. The first-order chi connectivity index (χ1) is 12.0. The molecule has 0 saturated carbocycles. The number of hydrogen-bond donors (Lipinski definition) is 4. The van der Waals surface area contributed by atoms with Crippen molar-refractivity contribution in [2.24, 2.45) is 0 Å². The number of ether oxygens (including phenoxy) is 1. The van der Waals surface area contributed by atoms with E-state index >= 15 is 0 Å². The molecule has 0 aliphatic carbocycles. The Morgan fingerprint density at radius 2 is 1.77 bits per heavy atom. The number of halogens is 2. The van der Waals surface area contributed by atoms with Crippen LogP contribution in [0.4, 0.5) is 8.78 Å². The molecular formula is C16H27F2NO5S2. The molecule has 0 spiro atoms. The lowest BCUT2D eigenvalue weighted by atomic mass is 9.93. The van der Waals surface area contributed by atoms with Crippen molar-refractivity contribution in [3.05, 3.63) is 12.2 Å². The van der Waals surface area contributed by atoms with Gasteiger partial charge in [-0.15, -0.1) is 16.5 Å². The van der Waals surface area contributed by atoms with E-state index in [0.717, 1.165) is 11.8 Å². The zero-order valence-corrected chi connectivity index (χ0v) is 16.6. The van der Waals surface area contributed by atoms with Gasteiger partial charge in [0.15, 0.2) is 0 Å². The fourth-order valence-electron chi connectivity index (χ4n) is 2.75.